The van der Waals surface area contributed by atoms with Gasteiger partial charge in [-0.3, -0.25) is 9.59 Å². The average Bonchev–Trinajstić information content (AvgIpc) is 3.52. The van der Waals surface area contributed by atoms with Gasteiger partial charge in [0.15, 0.2) is 22.9 Å². The molecular weight excluding hydrogens is 430 g/mol. The molecule has 0 saturated carbocycles. The molecule has 1 aliphatic carbocycles. The van der Waals surface area contributed by atoms with E-state index in [0.29, 0.717) is 39.7 Å². The van der Waals surface area contributed by atoms with Gasteiger partial charge < -0.3 is 13.3 Å². The van der Waals surface area contributed by atoms with Gasteiger partial charge >= 0.3 is 0 Å². The predicted octanol–water partition coefficient (Wildman–Crippen LogP) is 6.51. The zero-order valence-electron chi connectivity index (χ0n) is 16.8. The second-order valence-electron chi connectivity index (χ2n) is 7.54. The molecule has 5 aromatic rings. The Labute approximate surface area is 186 Å². The number of fused-ring (bicyclic) bond motifs is 3. The molecule has 3 heterocycles. The number of furan rings is 2. The minimum absolute atomic E-state index is 0.0261. The molecule has 0 aliphatic heterocycles. The highest BCUT2D eigenvalue weighted by Crippen LogP contribution is 2.34. The van der Waals surface area contributed by atoms with Crippen molar-refractivity contribution in [1.82, 2.24) is 4.98 Å². The van der Waals surface area contributed by atoms with E-state index in [4.69, 9.17) is 24.9 Å². The van der Waals surface area contributed by atoms with Crippen molar-refractivity contribution >= 4 is 51.5 Å². The fourth-order valence-electron chi connectivity index (χ4n) is 3.95. The number of hydrogen-bond donors (Lipinski definition) is 0. The third-order valence-corrected chi connectivity index (χ3v) is 5.93. The minimum atomic E-state index is -0.376. The van der Waals surface area contributed by atoms with Crippen LogP contribution in [0.4, 0.5) is 0 Å². The summed E-state index contributed by atoms with van der Waals surface area (Å²) < 4.78 is 17.3. The van der Waals surface area contributed by atoms with Crippen molar-refractivity contribution < 1.29 is 22.8 Å². The molecule has 0 fully saturated rings. The van der Waals surface area contributed by atoms with Crippen molar-refractivity contribution in [3.8, 4) is 11.7 Å². The smallest absolute Gasteiger partial charge is 0.266 e. The molecule has 6 rings (SSSR count). The Morgan fingerprint density at radius 3 is 2.47 bits per heavy atom. The van der Waals surface area contributed by atoms with Crippen molar-refractivity contribution in [1.29, 1.82) is 0 Å². The third kappa shape index (κ3) is 2.77. The number of hydrogen-bond acceptors (Lipinski definition) is 6. The molecule has 0 radical (unpaired) electrons. The Balaban J connectivity index is 1.36. The van der Waals surface area contributed by atoms with E-state index in [1.807, 2.05) is 37.3 Å². The lowest BCUT2D eigenvalue weighted by atomic mass is 10.0. The highest BCUT2D eigenvalue weighted by Gasteiger charge is 2.34. The van der Waals surface area contributed by atoms with E-state index < -0.39 is 0 Å². The van der Waals surface area contributed by atoms with Crippen molar-refractivity contribution in [2.75, 3.05) is 0 Å². The number of rotatable bonds is 3. The summed E-state index contributed by atoms with van der Waals surface area (Å²) in [5, 5.41) is 1.42. The first kappa shape index (κ1) is 18.8. The molecule has 0 bridgehead atoms. The molecule has 0 amide bonds. The van der Waals surface area contributed by atoms with Gasteiger partial charge in [0.1, 0.15) is 11.3 Å². The molecular formula is C25H14ClNO5. The summed E-state index contributed by atoms with van der Waals surface area (Å²) in [4.78, 5) is 30.0. The van der Waals surface area contributed by atoms with Gasteiger partial charge in [-0.1, -0.05) is 36.7 Å². The van der Waals surface area contributed by atoms with Crippen LogP contribution >= 0.6 is 11.6 Å². The van der Waals surface area contributed by atoms with E-state index in [9.17, 15) is 9.59 Å². The van der Waals surface area contributed by atoms with E-state index >= 15 is 0 Å². The van der Waals surface area contributed by atoms with Crippen LogP contribution in [-0.2, 0) is 6.42 Å². The number of benzene rings is 2. The molecule has 1 aliphatic rings. The van der Waals surface area contributed by atoms with E-state index in [1.165, 1.54) is 6.08 Å². The molecule has 0 spiro atoms. The summed E-state index contributed by atoms with van der Waals surface area (Å²) in [6, 6.07) is 14.3. The normalized spacial score (nSPS) is 14.9. The monoisotopic (exact) mass is 443 g/mol. The lowest BCUT2D eigenvalue weighted by molar-refractivity contribution is 0.0990. The van der Waals surface area contributed by atoms with Crippen LogP contribution in [0.3, 0.4) is 0 Å². The Hall–Kier alpha value is -3.90. The van der Waals surface area contributed by atoms with E-state index in [0.717, 1.165) is 16.5 Å². The molecule has 32 heavy (non-hydrogen) atoms. The second kappa shape index (κ2) is 6.80. The van der Waals surface area contributed by atoms with Gasteiger partial charge in [0, 0.05) is 27.6 Å². The van der Waals surface area contributed by atoms with E-state index in [-0.39, 0.29) is 28.7 Å². The van der Waals surface area contributed by atoms with Gasteiger partial charge in [-0.05, 0) is 42.3 Å². The van der Waals surface area contributed by atoms with Crippen LogP contribution in [-0.4, -0.2) is 16.6 Å². The third-order valence-electron chi connectivity index (χ3n) is 5.58. The SMILES string of the molecule is CCc1cc2c(cc1Cl)C(=O)/C(=C\c1cc3oc(-c4cc5ccccc5o4)nc3o1)C2=O. The van der Waals surface area contributed by atoms with Crippen molar-refractivity contribution in [3.63, 3.8) is 0 Å². The number of Topliss-reactive ketones (excluding diaryl/α,β-unsaturated/α-hetero) is 2. The van der Waals surface area contributed by atoms with Crippen LogP contribution in [0.15, 0.2) is 67.4 Å². The first-order chi connectivity index (χ1) is 15.5. The van der Waals surface area contributed by atoms with Crippen molar-refractivity contribution in [3.05, 3.63) is 81.6 Å². The molecule has 3 aromatic heterocycles. The number of carbonyl (C=O) groups is 2. The summed E-state index contributed by atoms with van der Waals surface area (Å²) in [7, 11) is 0. The largest absolute Gasteiger partial charge is 0.451 e. The number of carbonyl (C=O) groups excluding carboxylic acids is 2. The first-order valence-corrected chi connectivity index (χ1v) is 10.4. The standard InChI is InChI=1S/C25H14ClNO5/c1-2-12-7-15-16(11-18(12)26)23(29)17(22(15)28)9-14-10-21-24(30-14)27-25(32-21)20-8-13-5-3-4-6-19(13)31-20/h3-11H,2H2,1H3/b17-9-. The average molecular weight is 444 g/mol. The zero-order valence-corrected chi connectivity index (χ0v) is 17.5. The summed E-state index contributed by atoms with van der Waals surface area (Å²) in [6.45, 7) is 1.94. The maximum Gasteiger partial charge on any atom is 0.266 e. The number of allylic oxidation sites excluding steroid dienone is 1. The van der Waals surface area contributed by atoms with Crippen LogP contribution < -0.4 is 0 Å². The molecule has 0 unspecified atom stereocenters. The van der Waals surface area contributed by atoms with E-state index in [2.05, 4.69) is 4.98 Å². The molecule has 6 nitrogen and oxygen atoms in total. The fraction of sp³-hybridized carbons (Fsp3) is 0.0800. The fourth-order valence-corrected chi connectivity index (χ4v) is 4.25. The van der Waals surface area contributed by atoms with Crippen LogP contribution in [0, 0.1) is 0 Å². The first-order valence-electron chi connectivity index (χ1n) is 10.0. The van der Waals surface area contributed by atoms with Crippen LogP contribution in [0.1, 0.15) is 39.0 Å². The van der Waals surface area contributed by atoms with E-state index in [1.54, 1.807) is 18.2 Å². The number of oxazole rings is 1. The summed E-state index contributed by atoms with van der Waals surface area (Å²) in [5.74, 6) is 0.349. The van der Waals surface area contributed by atoms with Gasteiger partial charge in [0.2, 0.25) is 0 Å². The summed E-state index contributed by atoms with van der Waals surface area (Å²) in [5.41, 5.74) is 2.89. The molecule has 0 atom stereocenters. The van der Waals surface area contributed by atoms with Gasteiger partial charge in [-0.15, -0.1) is 0 Å². The number of aromatic nitrogens is 1. The second-order valence-corrected chi connectivity index (χ2v) is 7.95. The highest BCUT2D eigenvalue weighted by molar-refractivity contribution is 6.42. The lowest BCUT2D eigenvalue weighted by Gasteiger charge is -2.03. The van der Waals surface area contributed by atoms with Crippen LogP contribution in [0.2, 0.25) is 5.02 Å². The number of halogens is 1. The number of para-hydroxylation sites is 1. The van der Waals surface area contributed by atoms with Gasteiger partial charge in [0.05, 0.1) is 5.57 Å². The van der Waals surface area contributed by atoms with Gasteiger partial charge in [-0.25, -0.2) is 0 Å². The Bertz CT molecular complexity index is 1550. The molecule has 2 aromatic carbocycles. The van der Waals surface area contributed by atoms with Gasteiger partial charge in [0.25, 0.3) is 11.6 Å². The summed E-state index contributed by atoms with van der Waals surface area (Å²) >= 11 is 6.23. The topological polar surface area (TPSA) is 86.4 Å². The molecule has 0 saturated heterocycles. The molecule has 7 heteroatoms. The minimum Gasteiger partial charge on any atom is -0.451 e. The Kier molecular flexibility index (Phi) is 4.00. The number of nitrogens with zero attached hydrogens (tertiary/aromatic N) is 1. The maximum absolute atomic E-state index is 12.8. The van der Waals surface area contributed by atoms with Crippen molar-refractivity contribution in [2.24, 2.45) is 0 Å². The molecule has 0 N–H and O–H groups in total. The predicted molar refractivity (Wildman–Crippen MR) is 119 cm³/mol. The van der Waals surface area contributed by atoms with Crippen LogP contribution in [0.5, 0.6) is 0 Å². The quantitative estimate of drug-likeness (QED) is 0.233. The molecule has 156 valence electrons. The lowest BCUT2D eigenvalue weighted by Crippen LogP contribution is -1.99. The van der Waals surface area contributed by atoms with Crippen LogP contribution in [0.25, 0.3) is 40.0 Å². The number of ketones is 2. The Morgan fingerprint density at radius 2 is 1.72 bits per heavy atom. The zero-order chi connectivity index (χ0) is 22.0. The summed E-state index contributed by atoms with van der Waals surface area (Å²) in [6.07, 6.45) is 2.09. The maximum atomic E-state index is 12.8. The van der Waals surface area contributed by atoms with Gasteiger partial charge in [-0.2, -0.15) is 4.98 Å². The highest BCUT2D eigenvalue weighted by atomic mass is 35.5. The number of aryl methyl sites for hydroxylation is 1. The van der Waals surface area contributed by atoms with Crippen molar-refractivity contribution in [2.45, 2.75) is 13.3 Å². The Morgan fingerprint density at radius 1 is 0.938 bits per heavy atom.